The van der Waals surface area contributed by atoms with Gasteiger partial charge in [-0.3, -0.25) is 14.4 Å². The van der Waals surface area contributed by atoms with Crippen molar-refractivity contribution in [1.29, 1.82) is 0 Å². The summed E-state index contributed by atoms with van der Waals surface area (Å²) in [4.78, 5) is 42.1. The van der Waals surface area contributed by atoms with Crippen LogP contribution in [0.2, 0.25) is 0 Å². The number of hydrogen-bond acceptors (Lipinski definition) is 4. The minimum absolute atomic E-state index is 0.00139. The van der Waals surface area contributed by atoms with E-state index >= 15 is 0 Å². The number of rotatable bonds is 7. The summed E-state index contributed by atoms with van der Waals surface area (Å²) in [7, 11) is 3.90. The Balaban J connectivity index is 1.93. The zero-order valence-corrected chi connectivity index (χ0v) is 18.9. The smallest absolute Gasteiger partial charge is 0.263 e. The number of aromatic nitrogens is 1. The molecule has 2 heterocycles. The van der Waals surface area contributed by atoms with Crippen molar-refractivity contribution in [3.05, 3.63) is 69.1 Å². The number of nitrogens with zero attached hydrogens (tertiary/aromatic N) is 3. The Morgan fingerprint density at radius 2 is 1.90 bits per heavy atom. The maximum absolute atomic E-state index is 13.3. The molecule has 0 saturated heterocycles. The highest BCUT2D eigenvalue weighted by Crippen LogP contribution is 2.21. The average Bonchev–Trinajstić information content (AvgIpc) is 2.76. The number of benzene rings is 1. The summed E-state index contributed by atoms with van der Waals surface area (Å²) in [6.45, 7) is 5.44. The summed E-state index contributed by atoms with van der Waals surface area (Å²) in [5.41, 5.74) is 2.73. The van der Waals surface area contributed by atoms with Gasteiger partial charge in [-0.05, 0) is 50.6 Å². The van der Waals surface area contributed by atoms with E-state index in [9.17, 15) is 14.4 Å². The van der Waals surface area contributed by atoms with Gasteiger partial charge in [0.15, 0.2) is 0 Å². The van der Waals surface area contributed by atoms with E-state index in [2.05, 4.69) is 5.32 Å². The van der Waals surface area contributed by atoms with Gasteiger partial charge in [0.2, 0.25) is 5.91 Å². The van der Waals surface area contributed by atoms with Crippen molar-refractivity contribution in [1.82, 2.24) is 19.7 Å². The number of carbonyl (C=O) groups excluding carboxylic acids is 2. The number of hydrogen-bond donors (Lipinski definition) is 1. The normalized spacial score (nSPS) is 14.3. The molecule has 0 aliphatic carbocycles. The van der Waals surface area contributed by atoms with E-state index in [0.29, 0.717) is 39.0 Å². The lowest BCUT2D eigenvalue weighted by atomic mass is 9.95. The molecule has 1 aromatic carbocycles. The summed E-state index contributed by atoms with van der Waals surface area (Å²) in [5, 5.41) is 2.93. The molecule has 1 N–H and O–H groups in total. The molecule has 2 amide bonds. The summed E-state index contributed by atoms with van der Waals surface area (Å²) in [6, 6.07) is 10.1. The zero-order valence-electron chi connectivity index (χ0n) is 18.9. The number of nitrogens with one attached hydrogen (secondary N) is 1. The molecule has 7 nitrogen and oxygen atoms in total. The van der Waals surface area contributed by atoms with Crippen LogP contribution in [-0.2, 0) is 30.7 Å². The molecule has 3 rings (SSSR count). The number of likely N-dealkylation sites (N-methyl/N-ethyl adjacent to an activating group) is 1. The molecule has 0 fully saturated rings. The molecule has 1 aliphatic heterocycles. The van der Waals surface area contributed by atoms with E-state index in [1.165, 1.54) is 0 Å². The SMILES string of the molecule is CC(=O)N1CCc2c(cn(CCc3ccccc3)c(=O)c2C(=O)NC[C@@H](C)N(C)C)C1. The van der Waals surface area contributed by atoms with Gasteiger partial charge in [-0.25, -0.2) is 0 Å². The van der Waals surface area contributed by atoms with Crippen molar-refractivity contribution in [3.8, 4) is 0 Å². The van der Waals surface area contributed by atoms with Crippen LogP contribution in [0.1, 0.15) is 40.9 Å². The van der Waals surface area contributed by atoms with Gasteiger partial charge in [0.25, 0.3) is 11.5 Å². The highest BCUT2D eigenvalue weighted by molar-refractivity contribution is 5.95. The highest BCUT2D eigenvalue weighted by Gasteiger charge is 2.27. The Morgan fingerprint density at radius 1 is 1.19 bits per heavy atom. The van der Waals surface area contributed by atoms with Crippen molar-refractivity contribution in [2.45, 2.75) is 45.8 Å². The molecule has 31 heavy (non-hydrogen) atoms. The molecule has 7 heteroatoms. The standard InChI is InChI=1S/C24H32N4O3/c1-17(26(3)4)14-25-23(30)22-21-11-13-27(18(2)29)15-20(21)16-28(24(22)31)12-10-19-8-6-5-7-9-19/h5-9,16-17H,10-15H2,1-4H3,(H,25,30)/t17-/m1/s1. The fraction of sp³-hybridized carbons (Fsp3) is 0.458. The third-order valence-corrected chi connectivity index (χ3v) is 6.06. The van der Waals surface area contributed by atoms with Gasteiger partial charge in [0.1, 0.15) is 5.56 Å². The maximum Gasteiger partial charge on any atom is 0.263 e. The second-order valence-electron chi connectivity index (χ2n) is 8.46. The minimum atomic E-state index is -0.333. The van der Waals surface area contributed by atoms with Gasteiger partial charge in [-0.15, -0.1) is 0 Å². The Labute approximate surface area is 183 Å². The Hall–Kier alpha value is -2.93. The molecule has 0 radical (unpaired) electrons. The molecule has 0 spiro atoms. The lowest BCUT2D eigenvalue weighted by Crippen LogP contribution is -2.43. The Kier molecular flexibility index (Phi) is 7.28. The fourth-order valence-electron chi connectivity index (χ4n) is 3.79. The topological polar surface area (TPSA) is 74.6 Å². The second-order valence-corrected chi connectivity index (χ2v) is 8.46. The fourth-order valence-corrected chi connectivity index (χ4v) is 3.79. The van der Waals surface area contributed by atoms with Crippen molar-refractivity contribution in [3.63, 3.8) is 0 Å². The van der Waals surface area contributed by atoms with Crippen LogP contribution in [-0.4, -0.2) is 59.4 Å². The molecule has 0 bridgehead atoms. The zero-order chi connectivity index (χ0) is 22.5. The van der Waals surface area contributed by atoms with Crippen molar-refractivity contribution < 1.29 is 9.59 Å². The number of aryl methyl sites for hydroxylation is 2. The van der Waals surface area contributed by atoms with Gasteiger partial charge < -0.3 is 19.7 Å². The average molecular weight is 425 g/mol. The summed E-state index contributed by atoms with van der Waals surface area (Å²) in [5.74, 6) is -0.334. The van der Waals surface area contributed by atoms with Gasteiger partial charge >= 0.3 is 0 Å². The number of fused-ring (bicyclic) bond motifs is 1. The molecule has 1 aromatic heterocycles. The Morgan fingerprint density at radius 3 is 2.55 bits per heavy atom. The molecule has 166 valence electrons. The van der Waals surface area contributed by atoms with Crippen LogP contribution in [0.25, 0.3) is 0 Å². The predicted octanol–water partition coefficient (Wildman–Crippen LogP) is 1.68. The summed E-state index contributed by atoms with van der Waals surface area (Å²) >= 11 is 0. The van der Waals surface area contributed by atoms with E-state index in [-0.39, 0.29) is 29.0 Å². The highest BCUT2D eigenvalue weighted by atomic mass is 16.2. The largest absolute Gasteiger partial charge is 0.350 e. The van der Waals surface area contributed by atoms with E-state index in [1.807, 2.05) is 62.4 Å². The van der Waals surface area contributed by atoms with E-state index in [0.717, 1.165) is 16.7 Å². The second kappa shape index (κ2) is 9.92. The van der Waals surface area contributed by atoms with Crippen LogP contribution in [0.5, 0.6) is 0 Å². The first-order chi connectivity index (χ1) is 14.8. The van der Waals surface area contributed by atoms with Crippen molar-refractivity contribution in [2.24, 2.45) is 0 Å². The third-order valence-electron chi connectivity index (χ3n) is 6.06. The summed E-state index contributed by atoms with van der Waals surface area (Å²) in [6.07, 6.45) is 3.03. The van der Waals surface area contributed by atoms with E-state index in [4.69, 9.17) is 0 Å². The molecule has 1 atom stereocenters. The molecular formula is C24H32N4O3. The molecule has 2 aromatic rings. The van der Waals surface area contributed by atoms with Crippen LogP contribution >= 0.6 is 0 Å². The molecule has 0 unspecified atom stereocenters. The molecule has 0 saturated carbocycles. The van der Waals surface area contributed by atoms with Crippen LogP contribution in [0.4, 0.5) is 0 Å². The maximum atomic E-state index is 13.3. The van der Waals surface area contributed by atoms with Gasteiger partial charge in [0.05, 0.1) is 0 Å². The van der Waals surface area contributed by atoms with Crippen LogP contribution in [0.3, 0.4) is 0 Å². The molecule has 1 aliphatic rings. The minimum Gasteiger partial charge on any atom is -0.350 e. The van der Waals surface area contributed by atoms with Crippen LogP contribution in [0.15, 0.2) is 41.3 Å². The van der Waals surface area contributed by atoms with Gasteiger partial charge in [-0.1, -0.05) is 30.3 Å². The third kappa shape index (κ3) is 5.41. The quantitative estimate of drug-likeness (QED) is 0.734. The Bertz CT molecular complexity index is 998. The van der Waals surface area contributed by atoms with Gasteiger partial charge in [0, 0.05) is 45.3 Å². The first-order valence-corrected chi connectivity index (χ1v) is 10.8. The molecular weight excluding hydrogens is 392 g/mol. The monoisotopic (exact) mass is 424 g/mol. The van der Waals surface area contributed by atoms with Crippen molar-refractivity contribution in [2.75, 3.05) is 27.2 Å². The van der Waals surface area contributed by atoms with Gasteiger partial charge in [-0.2, -0.15) is 0 Å². The predicted molar refractivity (Wildman–Crippen MR) is 121 cm³/mol. The van der Waals surface area contributed by atoms with Crippen LogP contribution < -0.4 is 10.9 Å². The van der Waals surface area contributed by atoms with E-state index < -0.39 is 0 Å². The number of carbonyl (C=O) groups is 2. The number of pyridine rings is 1. The number of amides is 2. The van der Waals surface area contributed by atoms with Crippen molar-refractivity contribution >= 4 is 11.8 Å². The summed E-state index contributed by atoms with van der Waals surface area (Å²) < 4.78 is 1.62. The first-order valence-electron chi connectivity index (χ1n) is 10.8. The van der Waals surface area contributed by atoms with Crippen LogP contribution in [0, 0.1) is 0 Å². The lowest BCUT2D eigenvalue weighted by Gasteiger charge is -2.30. The van der Waals surface area contributed by atoms with E-state index in [1.54, 1.807) is 16.4 Å². The first kappa shape index (κ1) is 22.7. The lowest BCUT2D eigenvalue weighted by molar-refractivity contribution is -0.129.